The van der Waals surface area contributed by atoms with Crippen LogP contribution in [-0.4, -0.2) is 42.4 Å². The summed E-state index contributed by atoms with van der Waals surface area (Å²) >= 11 is 0. The van der Waals surface area contributed by atoms with Crippen molar-refractivity contribution in [2.45, 2.75) is 16.7 Å². The molecule has 0 bridgehead atoms. The van der Waals surface area contributed by atoms with E-state index in [2.05, 4.69) is 15.1 Å². The summed E-state index contributed by atoms with van der Waals surface area (Å²) in [7, 11) is -2.73. The predicted octanol–water partition coefficient (Wildman–Crippen LogP) is 3.98. The smallest absolute Gasteiger partial charge is 0.337 e. The van der Waals surface area contributed by atoms with Crippen LogP contribution in [-0.2, 0) is 14.6 Å². The van der Waals surface area contributed by atoms with Crippen molar-refractivity contribution in [2.24, 2.45) is 5.10 Å². The Bertz CT molecular complexity index is 1760. The number of benzene rings is 3. The maximum Gasteiger partial charge on any atom is 0.337 e. The normalized spacial score (nSPS) is 11.9. The number of para-hydroxylation sites is 2. The number of methoxy groups -OCH3 is 1. The summed E-state index contributed by atoms with van der Waals surface area (Å²) in [5, 5.41) is 4.43. The molecule has 0 fully saturated rings. The number of aromatic nitrogens is 3. The molecule has 9 nitrogen and oxygen atoms in total. The third-order valence-corrected chi connectivity index (χ3v) is 7.52. The number of carbonyl (C=O) groups excluding carboxylic acids is 1. The molecule has 2 heterocycles. The van der Waals surface area contributed by atoms with E-state index in [1.54, 1.807) is 54.6 Å². The molecule has 0 aliphatic heterocycles. The second-order valence-corrected chi connectivity index (χ2v) is 9.97. The van der Waals surface area contributed by atoms with E-state index >= 15 is 0 Å². The summed E-state index contributed by atoms with van der Waals surface area (Å²) < 4.78 is 33.3. The van der Waals surface area contributed by atoms with Crippen LogP contribution in [0.4, 0.5) is 5.82 Å². The molecule has 0 spiro atoms. The monoisotopic (exact) mass is 499 g/mol. The first kappa shape index (κ1) is 23.2. The maximum atomic E-state index is 13.7. The van der Waals surface area contributed by atoms with Gasteiger partial charge in [0.25, 0.3) is 0 Å². The largest absolute Gasteiger partial charge is 0.465 e. The Kier molecular flexibility index (Phi) is 5.73. The predicted molar refractivity (Wildman–Crippen MR) is 137 cm³/mol. The Balaban J connectivity index is 1.70. The molecule has 0 saturated carbocycles. The molecule has 5 aromatic rings. The zero-order chi connectivity index (χ0) is 25.4. The van der Waals surface area contributed by atoms with Gasteiger partial charge in [-0.3, -0.25) is 0 Å². The lowest BCUT2D eigenvalue weighted by Crippen LogP contribution is -2.06. The van der Waals surface area contributed by atoms with Crippen molar-refractivity contribution in [3.63, 3.8) is 0 Å². The van der Waals surface area contributed by atoms with Crippen LogP contribution in [0.5, 0.6) is 0 Å². The van der Waals surface area contributed by atoms with Gasteiger partial charge in [0.1, 0.15) is 16.2 Å². The molecule has 0 atom stereocenters. The molecule has 0 aliphatic carbocycles. The van der Waals surface area contributed by atoms with Gasteiger partial charge in [0.05, 0.1) is 34.8 Å². The molecule has 180 valence electrons. The second kappa shape index (κ2) is 8.90. The van der Waals surface area contributed by atoms with Crippen LogP contribution in [0, 0.1) is 6.92 Å². The maximum absolute atomic E-state index is 13.7. The van der Waals surface area contributed by atoms with E-state index in [-0.39, 0.29) is 26.8 Å². The summed E-state index contributed by atoms with van der Waals surface area (Å²) in [6.45, 7) is 1.88. The number of esters is 1. The van der Waals surface area contributed by atoms with Gasteiger partial charge in [-0.15, -0.1) is 0 Å². The molecule has 0 unspecified atom stereocenters. The van der Waals surface area contributed by atoms with Crippen molar-refractivity contribution < 1.29 is 17.9 Å². The van der Waals surface area contributed by atoms with Crippen molar-refractivity contribution >= 4 is 50.0 Å². The van der Waals surface area contributed by atoms with Crippen LogP contribution in [0.2, 0.25) is 0 Å². The lowest BCUT2D eigenvalue weighted by molar-refractivity contribution is 0.0600. The van der Waals surface area contributed by atoms with E-state index in [4.69, 9.17) is 10.5 Å². The van der Waals surface area contributed by atoms with Gasteiger partial charge < -0.3 is 10.5 Å². The molecule has 0 saturated heterocycles. The van der Waals surface area contributed by atoms with E-state index in [0.717, 1.165) is 5.56 Å². The summed E-state index contributed by atoms with van der Waals surface area (Å²) in [6, 6.07) is 20.2. The SMILES string of the molecule is COC(=O)c1ccc(C=Nn2c(N)c(S(=O)(=O)c3ccc(C)cc3)c3nc4ccccc4nc32)cc1. The number of nitrogen functional groups attached to an aromatic ring is 1. The van der Waals surface area contributed by atoms with Gasteiger partial charge in [0, 0.05) is 0 Å². The van der Waals surface area contributed by atoms with Crippen LogP contribution in [0.1, 0.15) is 21.5 Å². The highest BCUT2D eigenvalue weighted by Crippen LogP contribution is 2.35. The first-order valence-corrected chi connectivity index (χ1v) is 12.4. The van der Waals surface area contributed by atoms with Gasteiger partial charge in [0.15, 0.2) is 5.65 Å². The van der Waals surface area contributed by atoms with Crippen molar-refractivity contribution in [1.29, 1.82) is 0 Å². The third-order valence-electron chi connectivity index (χ3n) is 5.68. The number of ether oxygens (including phenoxy) is 1. The first-order valence-electron chi connectivity index (χ1n) is 10.9. The fraction of sp³-hybridized carbons (Fsp3) is 0.0769. The number of hydrogen-bond acceptors (Lipinski definition) is 8. The summed E-state index contributed by atoms with van der Waals surface area (Å²) in [5.74, 6) is -0.560. The van der Waals surface area contributed by atoms with Crippen molar-refractivity contribution in [1.82, 2.24) is 14.6 Å². The molecule has 0 radical (unpaired) electrons. The fourth-order valence-electron chi connectivity index (χ4n) is 3.79. The minimum Gasteiger partial charge on any atom is -0.465 e. The van der Waals surface area contributed by atoms with Crippen LogP contribution in [0.15, 0.2) is 87.7 Å². The van der Waals surface area contributed by atoms with Crippen LogP contribution in [0.25, 0.3) is 22.2 Å². The highest BCUT2D eigenvalue weighted by molar-refractivity contribution is 7.92. The van der Waals surface area contributed by atoms with E-state index in [9.17, 15) is 13.2 Å². The van der Waals surface area contributed by atoms with Gasteiger partial charge in [-0.1, -0.05) is 42.0 Å². The number of carbonyl (C=O) groups is 1. The van der Waals surface area contributed by atoms with E-state index in [0.29, 0.717) is 22.2 Å². The topological polar surface area (TPSA) is 130 Å². The quantitative estimate of drug-likeness (QED) is 0.286. The number of hydrogen-bond donors (Lipinski definition) is 1. The van der Waals surface area contributed by atoms with Crippen LogP contribution >= 0.6 is 0 Å². The van der Waals surface area contributed by atoms with Gasteiger partial charge in [0.2, 0.25) is 9.84 Å². The Morgan fingerprint density at radius 1 is 0.972 bits per heavy atom. The molecule has 36 heavy (non-hydrogen) atoms. The number of rotatable bonds is 5. The highest BCUT2D eigenvalue weighted by atomic mass is 32.2. The standard InChI is InChI=1S/C26H21N5O4S/c1-16-7-13-19(14-8-16)36(33,34)23-22-25(30-21-6-4-3-5-20(21)29-22)31(24(23)27)28-15-17-9-11-18(12-10-17)26(32)35-2/h3-15H,27H2,1-2H3. The molecule has 2 N–H and O–H groups in total. The van der Waals surface area contributed by atoms with Gasteiger partial charge in [-0.2, -0.15) is 9.78 Å². The van der Waals surface area contributed by atoms with Crippen molar-refractivity contribution in [3.8, 4) is 0 Å². The molecule has 2 aromatic heterocycles. The molecule has 0 amide bonds. The Morgan fingerprint density at radius 2 is 1.61 bits per heavy atom. The van der Waals surface area contributed by atoms with Crippen LogP contribution in [0.3, 0.4) is 0 Å². The lowest BCUT2D eigenvalue weighted by Gasteiger charge is -2.05. The third kappa shape index (κ3) is 3.97. The van der Waals surface area contributed by atoms with Crippen molar-refractivity contribution in [3.05, 3.63) is 89.5 Å². The summed E-state index contributed by atoms with van der Waals surface area (Å²) in [4.78, 5) is 20.8. The van der Waals surface area contributed by atoms with Gasteiger partial charge >= 0.3 is 5.97 Å². The zero-order valence-corrected chi connectivity index (χ0v) is 20.2. The summed E-state index contributed by atoms with van der Waals surface area (Å²) in [5.41, 5.74) is 9.82. The Morgan fingerprint density at radius 3 is 2.25 bits per heavy atom. The Labute approximate surface area is 206 Å². The number of aryl methyl sites for hydroxylation is 1. The summed E-state index contributed by atoms with van der Waals surface area (Å²) in [6.07, 6.45) is 1.50. The number of nitrogens with two attached hydrogens (primary N) is 1. The minimum atomic E-state index is -4.04. The number of anilines is 1. The van der Waals surface area contributed by atoms with Gasteiger partial charge in [-0.25, -0.2) is 23.2 Å². The number of sulfone groups is 1. The van der Waals surface area contributed by atoms with Crippen molar-refractivity contribution in [2.75, 3.05) is 12.8 Å². The van der Waals surface area contributed by atoms with Crippen LogP contribution < -0.4 is 5.73 Å². The number of nitrogens with zero attached hydrogens (tertiary/aromatic N) is 4. The lowest BCUT2D eigenvalue weighted by atomic mass is 10.1. The number of fused-ring (bicyclic) bond motifs is 2. The first-order chi connectivity index (χ1) is 17.3. The molecular formula is C26H21N5O4S. The zero-order valence-electron chi connectivity index (χ0n) is 19.4. The Hall–Kier alpha value is -4.57. The molecule has 0 aliphatic rings. The molecule has 3 aromatic carbocycles. The average Bonchev–Trinajstić information content (AvgIpc) is 3.16. The van der Waals surface area contributed by atoms with Gasteiger partial charge in [-0.05, 0) is 48.9 Å². The van der Waals surface area contributed by atoms with E-state index in [1.165, 1.54) is 30.1 Å². The molecule has 10 heteroatoms. The average molecular weight is 500 g/mol. The molecule has 5 rings (SSSR count). The highest BCUT2D eigenvalue weighted by Gasteiger charge is 2.30. The molecular weight excluding hydrogens is 478 g/mol. The van der Waals surface area contributed by atoms with E-state index < -0.39 is 15.8 Å². The van der Waals surface area contributed by atoms with E-state index in [1.807, 2.05) is 13.0 Å². The minimum absolute atomic E-state index is 0.0937. The fourth-order valence-corrected chi connectivity index (χ4v) is 5.27. The second-order valence-electron chi connectivity index (χ2n) is 8.09.